The quantitative estimate of drug-likeness (QED) is 0.717. The topological polar surface area (TPSA) is 55.3 Å². The number of rotatable bonds is 4. The van der Waals surface area contributed by atoms with E-state index in [1.165, 1.54) is 0 Å². The Morgan fingerprint density at radius 1 is 1.15 bits per heavy atom. The van der Waals surface area contributed by atoms with Crippen LogP contribution in [-0.2, 0) is 17.7 Å². The van der Waals surface area contributed by atoms with Gasteiger partial charge in [0.15, 0.2) is 0 Å². The lowest BCUT2D eigenvalue weighted by Crippen LogP contribution is -2.27. The summed E-state index contributed by atoms with van der Waals surface area (Å²) in [7, 11) is 0. The monoisotopic (exact) mass is 359 g/mol. The maximum atomic E-state index is 13.0. The zero-order valence-electron chi connectivity index (χ0n) is 15.1. The van der Waals surface area contributed by atoms with Crippen molar-refractivity contribution in [1.29, 1.82) is 0 Å². The molecule has 0 radical (unpaired) electrons. The van der Waals surface area contributed by atoms with Crippen LogP contribution in [0.25, 0.3) is 10.9 Å². The molecule has 1 amide bonds. The van der Waals surface area contributed by atoms with E-state index in [-0.39, 0.29) is 5.91 Å². The van der Waals surface area contributed by atoms with E-state index >= 15 is 0 Å². The fourth-order valence-corrected chi connectivity index (χ4v) is 4.10. The third kappa shape index (κ3) is 2.98. The number of pyridine rings is 2. The highest BCUT2D eigenvalue weighted by Crippen LogP contribution is 2.33. The zero-order valence-corrected chi connectivity index (χ0v) is 15.1. The van der Waals surface area contributed by atoms with E-state index in [0.717, 1.165) is 52.9 Å². The Bertz CT molecular complexity index is 1010. The summed E-state index contributed by atoms with van der Waals surface area (Å²) in [6, 6.07) is 14.2. The van der Waals surface area contributed by atoms with Gasteiger partial charge in [-0.25, -0.2) is 0 Å². The number of para-hydroxylation sites is 1. The Hall–Kier alpha value is -2.79. The molecule has 136 valence electrons. The molecule has 5 rings (SSSR count). The normalized spacial score (nSPS) is 19.0. The molecule has 2 aromatic heterocycles. The second kappa shape index (κ2) is 6.74. The van der Waals surface area contributed by atoms with Crippen molar-refractivity contribution in [2.24, 2.45) is 0 Å². The first-order valence-electron chi connectivity index (χ1n) is 9.49. The van der Waals surface area contributed by atoms with E-state index in [4.69, 9.17) is 9.72 Å². The third-order valence-electron chi connectivity index (χ3n) is 5.57. The van der Waals surface area contributed by atoms with Gasteiger partial charge in [0.1, 0.15) is 0 Å². The van der Waals surface area contributed by atoms with Gasteiger partial charge in [0.2, 0.25) is 0 Å². The summed E-state index contributed by atoms with van der Waals surface area (Å²) in [6.07, 6.45) is 3.55. The van der Waals surface area contributed by atoms with E-state index in [0.29, 0.717) is 25.6 Å². The van der Waals surface area contributed by atoms with Crippen molar-refractivity contribution in [3.8, 4) is 0 Å². The van der Waals surface area contributed by atoms with Crippen LogP contribution in [0.3, 0.4) is 0 Å². The number of hydrogen-bond donors (Lipinski definition) is 0. The summed E-state index contributed by atoms with van der Waals surface area (Å²) >= 11 is 0. The summed E-state index contributed by atoms with van der Waals surface area (Å²) in [5.41, 5.74) is 4.82. The van der Waals surface area contributed by atoms with Crippen molar-refractivity contribution in [1.82, 2.24) is 14.9 Å². The number of carbonyl (C=O) groups is 1. The molecule has 2 aliphatic rings. The molecule has 2 aliphatic heterocycles. The smallest absolute Gasteiger partial charge is 0.256 e. The van der Waals surface area contributed by atoms with Crippen molar-refractivity contribution in [3.05, 3.63) is 71.2 Å². The predicted octanol–water partition coefficient (Wildman–Crippen LogP) is 3.33. The molecule has 0 N–H and O–H groups in total. The van der Waals surface area contributed by atoms with Crippen LogP contribution < -0.4 is 0 Å². The number of carbonyl (C=O) groups excluding carboxylic acids is 1. The molecule has 27 heavy (non-hydrogen) atoms. The summed E-state index contributed by atoms with van der Waals surface area (Å²) in [5.74, 6) is 0.411. The highest BCUT2D eigenvalue weighted by molar-refractivity contribution is 5.99. The summed E-state index contributed by atoms with van der Waals surface area (Å²) < 4.78 is 5.52. The molecule has 1 fully saturated rings. The predicted molar refractivity (Wildman–Crippen MR) is 103 cm³/mol. The van der Waals surface area contributed by atoms with Gasteiger partial charge in [0, 0.05) is 42.8 Å². The molecule has 0 spiro atoms. The molecule has 1 atom stereocenters. The lowest BCUT2D eigenvalue weighted by Gasteiger charge is -2.16. The maximum Gasteiger partial charge on any atom is 0.256 e. The maximum absolute atomic E-state index is 13.0. The van der Waals surface area contributed by atoms with Gasteiger partial charge in [-0.3, -0.25) is 14.8 Å². The van der Waals surface area contributed by atoms with Crippen LogP contribution in [0.2, 0.25) is 0 Å². The van der Waals surface area contributed by atoms with Crippen molar-refractivity contribution < 1.29 is 9.53 Å². The fraction of sp³-hybridized carbons (Fsp3) is 0.318. The van der Waals surface area contributed by atoms with Crippen LogP contribution in [0.5, 0.6) is 0 Å². The SMILES string of the molecule is O=C1c2c(C3CCOC3)ccnc2CN1CCc1ccc2ccccc2n1. The van der Waals surface area contributed by atoms with E-state index in [1.54, 1.807) is 0 Å². The highest BCUT2D eigenvalue weighted by atomic mass is 16.5. The number of hydrogen-bond acceptors (Lipinski definition) is 4. The Morgan fingerprint density at radius 3 is 2.96 bits per heavy atom. The number of aromatic nitrogens is 2. The standard InChI is InChI=1S/C22H21N3O2/c26-22-21-18(16-9-12-27-14-16)7-10-23-20(21)13-25(22)11-8-17-6-5-15-3-1-2-4-19(15)24-17/h1-7,10,16H,8-9,11-14H2. The van der Waals surface area contributed by atoms with Gasteiger partial charge in [-0.2, -0.15) is 0 Å². The van der Waals surface area contributed by atoms with E-state index in [9.17, 15) is 4.79 Å². The average Bonchev–Trinajstić information content (AvgIpc) is 3.35. The average molecular weight is 359 g/mol. The Kier molecular flexibility index (Phi) is 4.09. The second-order valence-corrected chi connectivity index (χ2v) is 7.25. The molecule has 5 nitrogen and oxygen atoms in total. The van der Waals surface area contributed by atoms with Crippen molar-refractivity contribution in [2.45, 2.75) is 25.3 Å². The Morgan fingerprint density at radius 2 is 2.07 bits per heavy atom. The first-order chi connectivity index (χ1) is 13.3. The highest BCUT2D eigenvalue weighted by Gasteiger charge is 2.33. The van der Waals surface area contributed by atoms with Crippen molar-refractivity contribution >= 4 is 16.8 Å². The van der Waals surface area contributed by atoms with Crippen molar-refractivity contribution in [2.75, 3.05) is 19.8 Å². The van der Waals surface area contributed by atoms with Crippen LogP contribution in [0.15, 0.2) is 48.7 Å². The van der Waals surface area contributed by atoms with E-state index in [2.05, 4.69) is 23.2 Å². The van der Waals surface area contributed by atoms with Gasteiger partial charge in [0.25, 0.3) is 5.91 Å². The molecule has 0 bridgehead atoms. The van der Waals surface area contributed by atoms with Gasteiger partial charge >= 0.3 is 0 Å². The van der Waals surface area contributed by atoms with Crippen LogP contribution in [-0.4, -0.2) is 40.5 Å². The number of nitrogens with zero attached hydrogens (tertiary/aromatic N) is 3. The van der Waals surface area contributed by atoms with Gasteiger partial charge in [-0.15, -0.1) is 0 Å². The second-order valence-electron chi connectivity index (χ2n) is 7.25. The molecule has 3 aromatic rings. The van der Waals surface area contributed by atoms with E-state index < -0.39 is 0 Å². The molecule has 4 heterocycles. The number of fused-ring (bicyclic) bond motifs is 2. The summed E-state index contributed by atoms with van der Waals surface area (Å²) in [6.45, 7) is 2.71. The minimum atomic E-state index is 0.0980. The first-order valence-corrected chi connectivity index (χ1v) is 9.49. The Labute approximate surface area is 158 Å². The molecule has 1 saturated heterocycles. The lowest BCUT2D eigenvalue weighted by molar-refractivity contribution is 0.0778. The Balaban J connectivity index is 1.34. The van der Waals surface area contributed by atoms with Gasteiger partial charge in [-0.05, 0) is 30.2 Å². The molecule has 0 aliphatic carbocycles. The summed E-state index contributed by atoms with van der Waals surface area (Å²) in [4.78, 5) is 24.1. The van der Waals surface area contributed by atoms with Crippen LogP contribution >= 0.6 is 0 Å². The zero-order chi connectivity index (χ0) is 18.2. The lowest BCUT2D eigenvalue weighted by atomic mass is 9.94. The molecule has 1 aromatic carbocycles. The third-order valence-corrected chi connectivity index (χ3v) is 5.57. The van der Waals surface area contributed by atoms with E-state index in [1.807, 2.05) is 35.4 Å². The van der Waals surface area contributed by atoms with Crippen LogP contribution in [0, 0.1) is 0 Å². The molecule has 1 unspecified atom stereocenters. The summed E-state index contributed by atoms with van der Waals surface area (Å²) in [5, 5.41) is 1.14. The number of ether oxygens (including phenoxy) is 1. The first kappa shape index (κ1) is 16.4. The molecule has 0 saturated carbocycles. The molecular weight excluding hydrogens is 338 g/mol. The van der Waals surface area contributed by atoms with Gasteiger partial charge in [-0.1, -0.05) is 24.3 Å². The fourth-order valence-electron chi connectivity index (χ4n) is 4.10. The minimum Gasteiger partial charge on any atom is -0.381 e. The molecule has 5 heteroatoms. The van der Waals surface area contributed by atoms with Gasteiger partial charge in [0.05, 0.1) is 29.9 Å². The number of benzene rings is 1. The molecular formula is C22H21N3O2. The minimum absolute atomic E-state index is 0.0980. The van der Waals surface area contributed by atoms with Crippen LogP contribution in [0.4, 0.5) is 0 Å². The van der Waals surface area contributed by atoms with Crippen LogP contribution in [0.1, 0.15) is 39.6 Å². The number of amides is 1. The van der Waals surface area contributed by atoms with Crippen molar-refractivity contribution in [3.63, 3.8) is 0 Å². The largest absolute Gasteiger partial charge is 0.381 e. The van der Waals surface area contributed by atoms with Gasteiger partial charge < -0.3 is 9.64 Å².